The first-order valence-electron chi connectivity index (χ1n) is 7.25. The van der Waals surface area contributed by atoms with Gasteiger partial charge in [-0.2, -0.15) is 0 Å². The molecule has 0 amide bonds. The fraction of sp³-hybridized carbons (Fsp3) is 1.00. The molecule has 2 fully saturated rings. The molecule has 2 aliphatic rings. The average Bonchev–Trinajstić information content (AvgIpc) is 2.13. The van der Waals surface area contributed by atoms with Gasteiger partial charge in [-0.3, -0.25) is 0 Å². The van der Waals surface area contributed by atoms with Crippen molar-refractivity contribution in [2.24, 2.45) is 23.0 Å². The highest BCUT2D eigenvalue weighted by atomic mass is 16.5. The van der Waals surface area contributed by atoms with Gasteiger partial charge in [0.15, 0.2) is 0 Å². The van der Waals surface area contributed by atoms with E-state index in [0.717, 1.165) is 25.0 Å². The number of ether oxygens (including phenoxy) is 1. The second kappa shape index (κ2) is 4.89. The van der Waals surface area contributed by atoms with Crippen molar-refractivity contribution in [1.29, 1.82) is 0 Å². The van der Waals surface area contributed by atoms with Gasteiger partial charge in [0.05, 0.1) is 0 Å². The van der Waals surface area contributed by atoms with Gasteiger partial charge >= 0.3 is 0 Å². The molecule has 17 heavy (non-hydrogen) atoms. The molecule has 2 heteroatoms. The van der Waals surface area contributed by atoms with E-state index >= 15 is 0 Å². The van der Waals surface area contributed by atoms with Crippen molar-refractivity contribution < 1.29 is 4.74 Å². The van der Waals surface area contributed by atoms with Crippen LogP contribution in [-0.4, -0.2) is 18.8 Å². The first-order valence-corrected chi connectivity index (χ1v) is 7.25. The van der Waals surface area contributed by atoms with Crippen LogP contribution in [0.25, 0.3) is 0 Å². The van der Waals surface area contributed by atoms with E-state index in [0.29, 0.717) is 5.41 Å². The molecule has 1 saturated carbocycles. The fourth-order valence-corrected chi connectivity index (χ4v) is 4.49. The Kier molecular flexibility index (Phi) is 3.84. The molecule has 100 valence electrons. The molecule has 1 aliphatic heterocycles. The first-order chi connectivity index (χ1) is 7.89. The smallest absolute Gasteiger partial charge is 0.0468 e. The number of nitrogens with two attached hydrogens (primary N) is 1. The van der Waals surface area contributed by atoms with Gasteiger partial charge in [0.1, 0.15) is 0 Å². The highest BCUT2D eigenvalue weighted by Gasteiger charge is 2.41. The van der Waals surface area contributed by atoms with Crippen LogP contribution < -0.4 is 5.73 Å². The summed E-state index contributed by atoms with van der Waals surface area (Å²) in [6.45, 7) is 9.02. The van der Waals surface area contributed by atoms with Crippen LogP contribution in [-0.2, 0) is 4.74 Å². The zero-order valence-corrected chi connectivity index (χ0v) is 11.8. The van der Waals surface area contributed by atoms with Gasteiger partial charge in [-0.15, -0.1) is 0 Å². The summed E-state index contributed by atoms with van der Waals surface area (Å²) in [4.78, 5) is 0. The molecule has 0 spiro atoms. The summed E-state index contributed by atoms with van der Waals surface area (Å²) in [6, 6.07) is 0. The van der Waals surface area contributed by atoms with Gasteiger partial charge in [-0.1, -0.05) is 20.8 Å². The molecular formula is C15H29NO. The summed E-state index contributed by atoms with van der Waals surface area (Å²) in [5.41, 5.74) is 7.23. The van der Waals surface area contributed by atoms with Crippen LogP contribution in [0.15, 0.2) is 0 Å². The molecule has 0 aromatic rings. The van der Waals surface area contributed by atoms with E-state index in [4.69, 9.17) is 10.5 Å². The van der Waals surface area contributed by atoms with Crippen molar-refractivity contribution in [2.75, 3.05) is 13.2 Å². The Labute approximate surface area is 106 Å². The van der Waals surface area contributed by atoms with Crippen molar-refractivity contribution in [1.82, 2.24) is 0 Å². The van der Waals surface area contributed by atoms with Gasteiger partial charge in [0, 0.05) is 18.8 Å². The normalized spacial score (nSPS) is 39.2. The zero-order valence-electron chi connectivity index (χ0n) is 11.8. The largest absolute Gasteiger partial charge is 0.381 e. The minimum atomic E-state index is 0.0865. The summed E-state index contributed by atoms with van der Waals surface area (Å²) in [7, 11) is 0. The van der Waals surface area contributed by atoms with Crippen molar-refractivity contribution in [2.45, 2.75) is 64.8 Å². The van der Waals surface area contributed by atoms with E-state index in [1.165, 1.54) is 38.5 Å². The molecule has 1 saturated heterocycles. The number of hydrogen-bond donors (Lipinski definition) is 1. The van der Waals surface area contributed by atoms with Gasteiger partial charge in [-0.25, -0.2) is 0 Å². The lowest BCUT2D eigenvalue weighted by Gasteiger charge is -2.47. The van der Waals surface area contributed by atoms with Crippen molar-refractivity contribution in [3.63, 3.8) is 0 Å². The van der Waals surface area contributed by atoms with E-state index < -0.39 is 0 Å². The van der Waals surface area contributed by atoms with E-state index in [1.54, 1.807) is 0 Å². The summed E-state index contributed by atoms with van der Waals surface area (Å²) in [6.07, 6.45) is 7.39. The quantitative estimate of drug-likeness (QED) is 0.802. The summed E-state index contributed by atoms with van der Waals surface area (Å²) in [5, 5.41) is 0. The maximum atomic E-state index is 6.72. The van der Waals surface area contributed by atoms with Crippen LogP contribution in [0.5, 0.6) is 0 Å². The molecule has 2 rings (SSSR count). The Balaban J connectivity index is 1.96. The number of hydrogen-bond acceptors (Lipinski definition) is 2. The molecule has 2 N–H and O–H groups in total. The molecule has 2 atom stereocenters. The van der Waals surface area contributed by atoms with Crippen molar-refractivity contribution in [3.8, 4) is 0 Å². The molecule has 2 unspecified atom stereocenters. The van der Waals surface area contributed by atoms with Crippen molar-refractivity contribution >= 4 is 0 Å². The minimum absolute atomic E-state index is 0.0865. The van der Waals surface area contributed by atoms with Gasteiger partial charge in [-0.05, 0) is 55.8 Å². The first kappa shape index (κ1) is 13.4. The third kappa shape index (κ3) is 3.69. The van der Waals surface area contributed by atoms with E-state index in [9.17, 15) is 0 Å². The predicted molar refractivity (Wildman–Crippen MR) is 71.9 cm³/mol. The SMILES string of the molecule is CC1CC(C)(C)CC(N)(CC2CCOCC2)C1. The summed E-state index contributed by atoms with van der Waals surface area (Å²) >= 11 is 0. The third-order valence-electron chi connectivity index (χ3n) is 4.52. The van der Waals surface area contributed by atoms with Crippen molar-refractivity contribution in [3.05, 3.63) is 0 Å². The number of rotatable bonds is 2. The second-order valence-corrected chi connectivity index (χ2v) is 7.48. The molecule has 0 bridgehead atoms. The van der Waals surface area contributed by atoms with Gasteiger partial charge in [0.2, 0.25) is 0 Å². The molecule has 0 aromatic carbocycles. The van der Waals surface area contributed by atoms with E-state index in [1.807, 2.05) is 0 Å². The minimum Gasteiger partial charge on any atom is -0.381 e. The Bertz CT molecular complexity index is 258. The van der Waals surface area contributed by atoms with Crippen LogP contribution in [0, 0.1) is 17.3 Å². The molecule has 0 aromatic heterocycles. The topological polar surface area (TPSA) is 35.2 Å². The van der Waals surface area contributed by atoms with Crippen LogP contribution in [0.3, 0.4) is 0 Å². The fourth-order valence-electron chi connectivity index (χ4n) is 4.49. The van der Waals surface area contributed by atoms with Crippen LogP contribution in [0.4, 0.5) is 0 Å². The second-order valence-electron chi connectivity index (χ2n) is 7.48. The Morgan fingerprint density at radius 2 is 1.82 bits per heavy atom. The Morgan fingerprint density at radius 3 is 2.41 bits per heavy atom. The van der Waals surface area contributed by atoms with E-state index in [2.05, 4.69) is 20.8 Å². The zero-order chi connectivity index (χ0) is 12.5. The molecule has 1 heterocycles. The molecule has 0 radical (unpaired) electrons. The predicted octanol–water partition coefficient (Wildman–Crippen LogP) is 3.35. The lowest BCUT2D eigenvalue weighted by Crippen LogP contribution is -2.50. The molecule has 2 nitrogen and oxygen atoms in total. The highest BCUT2D eigenvalue weighted by molar-refractivity contribution is 4.97. The lowest BCUT2D eigenvalue weighted by atomic mass is 9.62. The Hall–Kier alpha value is -0.0800. The Morgan fingerprint density at radius 1 is 1.18 bits per heavy atom. The standard InChI is InChI=1S/C15H29NO/c1-12-8-14(2,3)11-15(16,9-12)10-13-4-6-17-7-5-13/h12-13H,4-11,16H2,1-3H3. The molecule has 1 aliphatic carbocycles. The van der Waals surface area contributed by atoms with Crippen LogP contribution in [0.1, 0.15) is 59.3 Å². The maximum absolute atomic E-state index is 6.72. The highest BCUT2D eigenvalue weighted by Crippen LogP contribution is 2.45. The lowest BCUT2D eigenvalue weighted by molar-refractivity contribution is 0.0361. The average molecular weight is 239 g/mol. The summed E-state index contributed by atoms with van der Waals surface area (Å²) < 4.78 is 5.44. The van der Waals surface area contributed by atoms with Crippen LogP contribution >= 0.6 is 0 Å². The maximum Gasteiger partial charge on any atom is 0.0468 e. The summed E-state index contributed by atoms with van der Waals surface area (Å²) in [5.74, 6) is 1.58. The van der Waals surface area contributed by atoms with Gasteiger partial charge < -0.3 is 10.5 Å². The van der Waals surface area contributed by atoms with Gasteiger partial charge in [0.25, 0.3) is 0 Å². The molecular weight excluding hydrogens is 210 g/mol. The third-order valence-corrected chi connectivity index (χ3v) is 4.52. The van der Waals surface area contributed by atoms with E-state index in [-0.39, 0.29) is 5.54 Å². The monoisotopic (exact) mass is 239 g/mol. The van der Waals surface area contributed by atoms with Crippen LogP contribution in [0.2, 0.25) is 0 Å².